The lowest BCUT2D eigenvalue weighted by atomic mass is 10.2. The summed E-state index contributed by atoms with van der Waals surface area (Å²) >= 11 is 0. The molecule has 1 aliphatic heterocycles. The van der Waals surface area contributed by atoms with Crippen molar-refractivity contribution in [1.82, 2.24) is 9.21 Å². The van der Waals surface area contributed by atoms with E-state index in [0.717, 1.165) is 0 Å². The van der Waals surface area contributed by atoms with Gasteiger partial charge in [-0.15, -0.1) is 0 Å². The van der Waals surface area contributed by atoms with Crippen LogP contribution >= 0.6 is 0 Å². The van der Waals surface area contributed by atoms with Gasteiger partial charge in [0.25, 0.3) is 0 Å². The average molecular weight is 248 g/mol. The number of piperazine rings is 1. The smallest absolute Gasteiger partial charge is 0.225 e. The van der Waals surface area contributed by atoms with Gasteiger partial charge in [-0.3, -0.25) is 4.79 Å². The van der Waals surface area contributed by atoms with E-state index in [1.807, 2.05) is 13.8 Å². The normalized spacial score (nSPS) is 19.1. The number of hydrogen-bond donors (Lipinski definition) is 0. The third-order valence-electron chi connectivity index (χ3n) is 2.80. The molecule has 0 aromatic rings. The molecule has 0 unspecified atom stereocenters. The molecule has 0 saturated carbocycles. The molecule has 0 N–H and O–H groups in total. The van der Waals surface area contributed by atoms with E-state index in [9.17, 15) is 13.2 Å². The van der Waals surface area contributed by atoms with Crippen molar-refractivity contribution in [3.05, 3.63) is 0 Å². The summed E-state index contributed by atoms with van der Waals surface area (Å²) in [6.07, 6.45) is 0. The first kappa shape index (κ1) is 13.4. The van der Waals surface area contributed by atoms with Crippen LogP contribution in [0.4, 0.5) is 0 Å². The fourth-order valence-corrected chi connectivity index (χ4v) is 2.82. The second-order valence-corrected chi connectivity index (χ2v) is 6.54. The highest BCUT2D eigenvalue weighted by Gasteiger charge is 2.28. The first-order chi connectivity index (χ1) is 7.38. The first-order valence-corrected chi connectivity index (χ1v) is 7.26. The summed E-state index contributed by atoms with van der Waals surface area (Å²) in [5.41, 5.74) is 0. The predicted octanol–water partition coefficient (Wildman–Crippen LogP) is 0.136. The summed E-state index contributed by atoms with van der Waals surface area (Å²) in [5.74, 6) is 0.216. The molecular weight excluding hydrogens is 228 g/mol. The van der Waals surface area contributed by atoms with Gasteiger partial charge in [-0.05, 0) is 6.92 Å². The van der Waals surface area contributed by atoms with Crippen LogP contribution in [0.15, 0.2) is 0 Å². The van der Waals surface area contributed by atoms with Gasteiger partial charge in [-0.25, -0.2) is 8.42 Å². The lowest BCUT2D eigenvalue weighted by Gasteiger charge is -2.34. The highest BCUT2D eigenvalue weighted by molar-refractivity contribution is 7.89. The monoisotopic (exact) mass is 248 g/mol. The number of rotatable bonds is 3. The van der Waals surface area contributed by atoms with E-state index in [1.165, 1.54) is 4.31 Å². The zero-order valence-corrected chi connectivity index (χ0v) is 11.0. The van der Waals surface area contributed by atoms with E-state index < -0.39 is 10.0 Å². The molecule has 0 aromatic heterocycles. The first-order valence-electron chi connectivity index (χ1n) is 5.65. The molecule has 1 rings (SSSR count). The third kappa shape index (κ3) is 2.95. The molecule has 5 nitrogen and oxygen atoms in total. The molecule has 1 fully saturated rings. The summed E-state index contributed by atoms with van der Waals surface area (Å²) in [4.78, 5) is 13.4. The Morgan fingerprint density at radius 1 is 1.19 bits per heavy atom. The number of amides is 1. The van der Waals surface area contributed by atoms with Crippen LogP contribution < -0.4 is 0 Å². The second kappa shape index (κ2) is 5.14. The Kier molecular flexibility index (Phi) is 4.32. The molecule has 6 heteroatoms. The fourth-order valence-electron chi connectivity index (χ4n) is 1.73. The lowest BCUT2D eigenvalue weighted by Crippen LogP contribution is -2.51. The minimum absolute atomic E-state index is 0.0191. The highest BCUT2D eigenvalue weighted by Crippen LogP contribution is 2.10. The van der Waals surface area contributed by atoms with Crippen LogP contribution in [-0.2, 0) is 14.8 Å². The zero-order chi connectivity index (χ0) is 12.3. The van der Waals surface area contributed by atoms with Crippen LogP contribution in [0.25, 0.3) is 0 Å². The number of hydrogen-bond acceptors (Lipinski definition) is 3. The van der Waals surface area contributed by atoms with Gasteiger partial charge in [0, 0.05) is 32.1 Å². The molecule has 16 heavy (non-hydrogen) atoms. The molecule has 0 atom stereocenters. The molecule has 1 heterocycles. The van der Waals surface area contributed by atoms with Crippen molar-refractivity contribution in [2.24, 2.45) is 5.92 Å². The number of sulfonamides is 1. The quantitative estimate of drug-likeness (QED) is 0.713. The van der Waals surface area contributed by atoms with Gasteiger partial charge in [-0.2, -0.15) is 4.31 Å². The SMILES string of the molecule is CCS(=O)(=O)N1CCN(C(=O)C(C)C)CC1. The summed E-state index contributed by atoms with van der Waals surface area (Å²) in [6, 6.07) is 0. The number of carbonyl (C=O) groups excluding carboxylic acids is 1. The minimum Gasteiger partial charge on any atom is -0.340 e. The molecule has 0 aromatic carbocycles. The Hall–Kier alpha value is -0.620. The van der Waals surface area contributed by atoms with Gasteiger partial charge in [-0.1, -0.05) is 13.8 Å². The predicted molar refractivity (Wildman–Crippen MR) is 62.5 cm³/mol. The maximum atomic E-state index is 11.7. The second-order valence-electron chi connectivity index (χ2n) is 4.28. The van der Waals surface area contributed by atoms with E-state index >= 15 is 0 Å². The van der Waals surface area contributed by atoms with Gasteiger partial charge >= 0.3 is 0 Å². The van der Waals surface area contributed by atoms with Crippen molar-refractivity contribution in [2.75, 3.05) is 31.9 Å². The van der Waals surface area contributed by atoms with Gasteiger partial charge in [0.05, 0.1) is 5.75 Å². The molecule has 0 radical (unpaired) electrons. The van der Waals surface area contributed by atoms with E-state index in [1.54, 1.807) is 11.8 Å². The van der Waals surface area contributed by atoms with Crippen molar-refractivity contribution >= 4 is 15.9 Å². The van der Waals surface area contributed by atoms with Gasteiger partial charge in [0.1, 0.15) is 0 Å². The number of carbonyl (C=O) groups is 1. The summed E-state index contributed by atoms with van der Waals surface area (Å²) in [6.45, 7) is 7.23. The Bertz CT molecular complexity index is 343. The Morgan fingerprint density at radius 2 is 1.69 bits per heavy atom. The van der Waals surface area contributed by atoms with Crippen LogP contribution in [0.2, 0.25) is 0 Å². The third-order valence-corrected chi connectivity index (χ3v) is 4.68. The van der Waals surface area contributed by atoms with Crippen molar-refractivity contribution < 1.29 is 13.2 Å². The van der Waals surface area contributed by atoms with E-state index in [4.69, 9.17) is 0 Å². The maximum absolute atomic E-state index is 11.7. The Morgan fingerprint density at radius 3 is 2.06 bits per heavy atom. The molecule has 1 amide bonds. The van der Waals surface area contributed by atoms with E-state index in [2.05, 4.69) is 0 Å². The Labute approximate surface area is 97.5 Å². The Balaban J connectivity index is 2.55. The largest absolute Gasteiger partial charge is 0.340 e. The van der Waals surface area contributed by atoms with Gasteiger partial charge < -0.3 is 4.90 Å². The summed E-state index contributed by atoms with van der Waals surface area (Å²) in [7, 11) is -3.10. The van der Waals surface area contributed by atoms with Crippen molar-refractivity contribution in [2.45, 2.75) is 20.8 Å². The maximum Gasteiger partial charge on any atom is 0.225 e. The van der Waals surface area contributed by atoms with Crippen LogP contribution in [0.1, 0.15) is 20.8 Å². The molecule has 94 valence electrons. The summed E-state index contributed by atoms with van der Waals surface area (Å²) in [5, 5.41) is 0. The molecule has 1 aliphatic rings. The number of nitrogens with zero attached hydrogens (tertiary/aromatic N) is 2. The molecule has 0 aliphatic carbocycles. The molecule has 0 bridgehead atoms. The molecule has 1 saturated heterocycles. The minimum atomic E-state index is -3.10. The topological polar surface area (TPSA) is 57.7 Å². The molecular formula is C10H20N2O3S. The zero-order valence-electron chi connectivity index (χ0n) is 10.1. The van der Waals surface area contributed by atoms with Crippen LogP contribution in [0.3, 0.4) is 0 Å². The molecule has 0 spiro atoms. The van der Waals surface area contributed by atoms with Gasteiger partial charge in [0.15, 0.2) is 0 Å². The fraction of sp³-hybridized carbons (Fsp3) is 0.900. The van der Waals surface area contributed by atoms with Crippen LogP contribution in [0, 0.1) is 5.92 Å². The van der Waals surface area contributed by atoms with Crippen molar-refractivity contribution in [3.63, 3.8) is 0 Å². The van der Waals surface area contributed by atoms with Crippen molar-refractivity contribution in [1.29, 1.82) is 0 Å². The summed E-state index contributed by atoms with van der Waals surface area (Å²) < 4.78 is 24.6. The lowest BCUT2D eigenvalue weighted by molar-refractivity contribution is -0.135. The van der Waals surface area contributed by atoms with Crippen LogP contribution in [-0.4, -0.2) is 55.5 Å². The van der Waals surface area contributed by atoms with Crippen LogP contribution in [0.5, 0.6) is 0 Å². The van der Waals surface area contributed by atoms with Gasteiger partial charge in [0.2, 0.25) is 15.9 Å². The van der Waals surface area contributed by atoms with Crippen molar-refractivity contribution in [3.8, 4) is 0 Å². The standard InChI is InChI=1S/C10H20N2O3S/c1-4-16(14,15)12-7-5-11(6-8-12)10(13)9(2)3/h9H,4-8H2,1-3H3. The van der Waals surface area contributed by atoms with E-state index in [-0.39, 0.29) is 17.6 Å². The average Bonchev–Trinajstić information content (AvgIpc) is 2.28. The van der Waals surface area contributed by atoms with E-state index in [0.29, 0.717) is 26.2 Å². The highest BCUT2D eigenvalue weighted by atomic mass is 32.2.